The van der Waals surface area contributed by atoms with E-state index in [0.717, 1.165) is 0 Å². The molecule has 0 radical (unpaired) electrons. The van der Waals surface area contributed by atoms with Crippen LogP contribution in [-0.2, 0) is 62.4 Å². The molecule has 0 aromatic rings. The quantitative estimate of drug-likeness (QED) is 0.0864. The van der Waals surface area contributed by atoms with E-state index in [1.807, 2.05) is 0 Å². The van der Waals surface area contributed by atoms with Crippen LogP contribution in [0.3, 0.4) is 0 Å². The molecule has 0 saturated carbocycles. The molecule has 0 aromatic carbocycles. The molecule has 0 unspecified atom stereocenters. The summed E-state index contributed by atoms with van der Waals surface area (Å²) in [5, 5.41) is 0. The van der Waals surface area contributed by atoms with Crippen LogP contribution in [-0.4, -0.2) is 152 Å². The van der Waals surface area contributed by atoms with Crippen molar-refractivity contribution in [2.24, 2.45) is 0 Å². The van der Waals surface area contributed by atoms with Crippen LogP contribution in [0.2, 0.25) is 0 Å². The topological polar surface area (TPSA) is 448 Å². The molecule has 0 aliphatic rings. The van der Waals surface area contributed by atoms with Crippen molar-refractivity contribution in [2.75, 3.05) is 0 Å². The van der Waals surface area contributed by atoms with E-state index in [2.05, 4.69) is 0 Å². The molecule has 200 valence electrons. The zero-order chi connectivity index (χ0) is 27.0. The molecule has 0 bridgehead atoms. The van der Waals surface area contributed by atoms with Crippen molar-refractivity contribution >= 4 is 109 Å². The van der Waals surface area contributed by atoms with Crippen LogP contribution in [0.15, 0.2) is 0 Å². The Kier molecular flexibility index (Phi) is 37.4. The van der Waals surface area contributed by atoms with Gasteiger partial charge in [0.2, 0.25) is 0 Å². The van der Waals surface area contributed by atoms with E-state index >= 15 is 0 Å². The molecular weight excluding hydrogens is 626 g/mol. The summed E-state index contributed by atoms with van der Waals surface area (Å²) >= 11 is 0. The van der Waals surface area contributed by atoms with E-state index in [1.54, 1.807) is 0 Å². The maximum absolute atomic E-state index is 8.74. The summed E-state index contributed by atoms with van der Waals surface area (Å²) in [6, 6.07) is 0. The molecule has 0 aliphatic heterocycles. The Balaban J connectivity index is -0.0000000356. The minimum absolute atomic E-state index is 0. The van der Waals surface area contributed by atoms with Crippen LogP contribution in [0.5, 0.6) is 0 Å². The van der Waals surface area contributed by atoms with Crippen molar-refractivity contribution in [3.63, 3.8) is 0 Å². The van der Waals surface area contributed by atoms with Gasteiger partial charge in [-0.25, -0.2) is 0 Å². The summed E-state index contributed by atoms with van der Waals surface area (Å²) in [6.45, 7) is 0. The van der Waals surface area contributed by atoms with E-state index in [4.69, 9.17) is 105 Å². The van der Waals surface area contributed by atoms with Crippen LogP contribution in [0.4, 0.5) is 0 Å². The molecule has 0 heterocycles. The Morgan fingerprint density at radius 2 is 0.250 bits per heavy atom. The monoisotopic (exact) mass is 642 g/mol. The number of hydrogen-bond donors (Lipinski definition) is 12. The average Bonchev–Trinajstić information content (AvgIpc) is 1.94. The fourth-order valence-electron chi connectivity index (χ4n) is 0. The van der Waals surface area contributed by atoms with Crippen molar-refractivity contribution in [1.82, 2.24) is 0 Å². The van der Waals surface area contributed by atoms with Crippen molar-refractivity contribution < 1.29 is 105 Å². The van der Waals surface area contributed by atoms with Crippen LogP contribution < -0.4 is 0 Å². The summed E-state index contributed by atoms with van der Waals surface area (Å²) < 4.78 is 190. The summed E-state index contributed by atoms with van der Waals surface area (Å²) in [6.07, 6.45) is 0. The van der Waals surface area contributed by atoms with Crippen molar-refractivity contribution in [3.05, 3.63) is 0 Å². The summed E-state index contributed by atoms with van der Waals surface area (Å²) in [5.74, 6) is 0. The van der Waals surface area contributed by atoms with Gasteiger partial charge in [0.25, 0.3) is 0 Å². The van der Waals surface area contributed by atoms with Crippen LogP contribution in [0.1, 0.15) is 0 Å². The van der Waals surface area contributed by atoms with Gasteiger partial charge in [-0.15, -0.1) is 0 Å². The Morgan fingerprint density at radius 1 is 0.250 bits per heavy atom. The molecule has 0 spiro atoms. The van der Waals surface area contributed by atoms with E-state index < -0.39 is 62.4 Å². The van der Waals surface area contributed by atoms with Gasteiger partial charge in [0, 0.05) is 0 Å². The molecule has 0 rings (SSSR count). The van der Waals surface area contributed by atoms with Gasteiger partial charge in [-0.05, 0) is 0 Å². The molecule has 12 N–H and O–H groups in total. The Morgan fingerprint density at radius 3 is 0.250 bits per heavy atom. The number of rotatable bonds is 0. The molecule has 24 nitrogen and oxygen atoms in total. The second kappa shape index (κ2) is 22.2. The maximum atomic E-state index is 8.74. The third-order valence-electron chi connectivity index (χ3n) is 0. The zero-order valence-electron chi connectivity index (χ0n) is 12.7. The molecular formula is H16AlNaO24S6. The van der Waals surface area contributed by atoms with Gasteiger partial charge in [-0.1, -0.05) is 0 Å². The fourth-order valence-corrected chi connectivity index (χ4v) is 0. The SMILES string of the molecule is O=S(=O)(O)O.O=S(=O)(O)O.O=S(=O)(O)O.O=S(=O)(O)O.O=S(=O)(O)O.O=S(=O)(O)O.[AlH3].[NaH]. The van der Waals surface area contributed by atoms with E-state index in [0.29, 0.717) is 0 Å². The Hall–Kier alpha value is 0.752. The molecule has 0 fully saturated rings. The first kappa shape index (κ1) is 53.9. The zero-order valence-corrected chi connectivity index (χ0v) is 17.6. The molecule has 0 aromatic heterocycles. The van der Waals surface area contributed by atoms with Crippen LogP contribution >= 0.6 is 0 Å². The van der Waals surface area contributed by atoms with Gasteiger partial charge in [0.1, 0.15) is 0 Å². The first-order valence-corrected chi connectivity index (χ1v) is 12.6. The molecule has 32 heavy (non-hydrogen) atoms. The number of hydrogen-bond acceptors (Lipinski definition) is 12. The Labute approximate surface area is 212 Å². The van der Waals surface area contributed by atoms with Crippen molar-refractivity contribution in [3.8, 4) is 0 Å². The second-order valence-electron chi connectivity index (χ2n) is 2.69. The predicted octanol–water partition coefficient (Wildman–Crippen LogP) is -5.75. The van der Waals surface area contributed by atoms with Gasteiger partial charge < -0.3 is 0 Å². The van der Waals surface area contributed by atoms with E-state index in [-0.39, 0.29) is 46.9 Å². The van der Waals surface area contributed by atoms with Gasteiger partial charge in [0.05, 0.1) is 0 Å². The summed E-state index contributed by atoms with van der Waals surface area (Å²) in [4.78, 5) is 0. The second-order valence-corrected chi connectivity index (χ2v) is 8.06. The van der Waals surface area contributed by atoms with Crippen LogP contribution in [0, 0.1) is 0 Å². The molecule has 0 amide bonds. The Bertz CT molecular complexity index is 766. The van der Waals surface area contributed by atoms with Gasteiger partial charge in [-0.2, -0.15) is 50.5 Å². The fraction of sp³-hybridized carbons (Fsp3) is 0. The normalized spacial score (nSPS) is 10.9. The van der Waals surface area contributed by atoms with Crippen molar-refractivity contribution in [1.29, 1.82) is 0 Å². The minimum atomic E-state index is -4.67. The third-order valence-corrected chi connectivity index (χ3v) is 0. The van der Waals surface area contributed by atoms with Crippen molar-refractivity contribution in [2.45, 2.75) is 0 Å². The molecule has 0 atom stereocenters. The molecule has 32 heteroatoms. The summed E-state index contributed by atoms with van der Waals surface area (Å²) in [5.41, 5.74) is 0. The molecule has 0 saturated heterocycles. The predicted molar refractivity (Wildman–Crippen MR) is 102 cm³/mol. The average molecular weight is 642 g/mol. The summed E-state index contributed by atoms with van der Waals surface area (Å²) in [7, 11) is -28.0. The first-order chi connectivity index (χ1) is 12.0. The van der Waals surface area contributed by atoms with Gasteiger partial charge >= 0.3 is 92.0 Å². The van der Waals surface area contributed by atoms with E-state index in [1.165, 1.54) is 0 Å². The molecule has 0 aliphatic carbocycles. The third kappa shape index (κ3) is 48100. The van der Waals surface area contributed by atoms with Gasteiger partial charge in [-0.3, -0.25) is 54.6 Å². The first-order valence-electron chi connectivity index (χ1n) is 4.19. The van der Waals surface area contributed by atoms with E-state index in [9.17, 15) is 0 Å². The van der Waals surface area contributed by atoms with Crippen LogP contribution in [0.25, 0.3) is 0 Å². The van der Waals surface area contributed by atoms with Gasteiger partial charge in [0.15, 0.2) is 17.4 Å². The standard InChI is InChI=1S/Al.Na.6H2O4S.4H/c;;6*1-5(2,3)4;;;;/h;;6*(H2,1,2,3,4);;;;.